The Labute approximate surface area is 221 Å². The molecule has 3 aromatic rings. The van der Waals surface area contributed by atoms with Gasteiger partial charge in [0.15, 0.2) is 4.88 Å². The van der Waals surface area contributed by atoms with Crippen LogP contribution in [-0.4, -0.2) is 31.4 Å². The monoisotopic (exact) mass is 526 g/mol. The van der Waals surface area contributed by atoms with Crippen LogP contribution >= 0.6 is 22.9 Å². The molecule has 7 heteroatoms. The highest BCUT2D eigenvalue weighted by molar-refractivity contribution is 7.14. The smallest absolute Gasteiger partial charge is 0.349 e. The third-order valence-electron chi connectivity index (χ3n) is 6.78. The van der Waals surface area contributed by atoms with Crippen LogP contribution in [0, 0.1) is 11.8 Å². The van der Waals surface area contributed by atoms with Crippen molar-refractivity contribution in [1.82, 2.24) is 0 Å². The number of allylic oxidation sites excluding steroid dienone is 1. The molecule has 0 spiro atoms. The SMILES string of the molecule is COc1cc(COC[C@H]2CC=C(Cl)[C@@H]2COc2ccc(C(C)(C)c3ccccc3)cc2)sc1C(=O)O. The minimum atomic E-state index is -0.997. The van der Waals surface area contributed by atoms with Crippen molar-refractivity contribution in [2.75, 3.05) is 20.3 Å². The van der Waals surface area contributed by atoms with E-state index in [0.29, 0.717) is 25.6 Å². The fourth-order valence-corrected chi connectivity index (χ4v) is 5.72. The molecular formula is C29H31ClO5S. The van der Waals surface area contributed by atoms with Gasteiger partial charge in [0.05, 0.1) is 26.9 Å². The van der Waals surface area contributed by atoms with Crippen molar-refractivity contribution in [3.8, 4) is 11.5 Å². The molecule has 1 aliphatic rings. The molecule has 0 unspecified atom stereocenters. The van der Waals surface area contributed by atoms with Crippen LogP contribution in [0.15, 0.2) is 71.8 Å². The summed E-state index contributed by atoms with van der Waals surface area (Å²) in [6, 6.07) is 20.5. The summed E-state index contributed by atoms with van der Waals surface area (Å²) in [5.74, 6) is 0.435. The molecule has 4 rings (SSSR count). The van der Waals surface area contributed by atoms with Gasteiger partial charge in [-0.2, -0.15) is 0 Å². The maximum absolute atomic E-state index is 11.3. The lowest BCUT2D eigenvalue weighted by atomic mass is 9.78. The van der Waals surface area contributed by atoms with Crippen LogP contribution in [0.25, 0.3) is 0 Å². The van der Waals surface area contributed by atoms with Gasteiger partial charge in [0.1, 0.15) is 11.5 Å². The zero-order chi connectivity index (χ0) is 25.7. The van der Waals surface area contributed by atoms with Crippen molar-refractivity contribution in [2.24, 2.45) is 11.8 Å². The van der Waals surface area contributed by atoms with E-state index in [1.165, 1.54) is 29.6 Å². The predicted molar refractivity (Wildman–Crippen MR) is 144 cm³/mol. The lowest BCUT2D eigenvalue weighted by molar-refractivity contribution is 0.0694. The highest BCUT2D eigenvalue weighted by Crippen LogP contribution is 2.37. The summed E-state index contributed by atoms with van der Waals surface area (Å²) in [6.07, 6.45) is 2.86. The first kappa shape index (κ1) is 26.3. The second kappa shape index (κ2) is 11.5. The second-order valence-corrected chi connectivity index (χ2v) is 11.0. The Bertz CT molecular complexity index is 1200. The van der Waals surface area contributed by atoms with Crippen LogP contribution < -0.4 is 9.47 Å². The number of carbonyl (C=O) groups is 1. The van der Waals surface area contributed by atoms with E-state index in [1.807, 2.05) is 24.3 Å². The normalized spacial score (nSPS) is 17.6. The van der Waals surface area contributed by atoms with Crippen molar-refractivity contribution >= 4 is 28.9 Å². The molecule has 0 aliphatic heterocycles. The Balaban J connectivity index is 1.31. The average molecular weight is 527 g/mol. The van der Waals surface area contributed by atoms with Gasteiger partial charge in [-0.15, -0.1) is 11.3 Å². The number of rotatable bonds is 11. The molecule has 1 aromatic heterocycles. The molecule has 1 aliphatic carbocycles. The van der Waals surface area contributed by atoms with Crippen LogP contribution in [0.5, 0.6) is 11.5 Å². The fraction of sp³-hybridized carbons (Fsp3) is 0.345. The molecule has 0 bridgehead atoms. The molecule has 2 aromatic carbocycles. The molecule has 190 valence electrons. The topological polar surface area (TPSA) is 65.0 Å². The number of thiophene rings is 1. The summed E-state index contributed by atoms with van der Waals surface area (Å²) >= 11 is 7.68. The number of carboxylic acids is 1. The summed E-state index contributed by atoms with van der Waals surface area (Å²) in [6.45, 7) is 5.75. The summed E-state index contributed by atoms with van der Waals surface area (Å²) < 4.78 is 17.2. The predicted octanol–water partition coefficient (Wildman–Crippen LogP) is 7.14. The zero-order valence-electron chi connectivity index (χ0n) is 20.7. The first-order valence-electron chi connectivity index (χ1n) is 11.9. The quantitative estimate of drug-likeness (QED) is 0.288. The summed E-state index contributed by atoms with van der Waals surface area (Å²) in [5.41, 5.74) is 2.39. The number of hydrogen-bond acceptors (Lipinski definition) is 5. The molecular weight excluding hydrogens is 496 g/mol. The van der Waals surface area contributed by atoms with E-state index in [-0.39, 0.29) is 22.1 Å². The van der Waals surface area contributed by atoms with Crippen LogP contribution in [0.3, 0.4) is 0 Å². The Hall–Kier alpha value is -2.80. The van der Waals surface area contributed by atoms with Crippen LogP contribution in [0.2, 0.25) is 0 Å². The summed E-state index contributed by atoms with van der Waals surface area (Å²) in [5, 5.41) is 10.1. The van der Waals surface area contributed by atoms with Gasteiger partial charge in [-0.05, 0) is 41.7 Å². The maximum atomic E-state index is 11.3. The zero-order valence-corrected chi connectivity index (χ0v) is 22.3. The van der Waals surface area contributed by atoms with E-state index < -0.39 is 5.97 Å². The molecule has 36 heavy (non-hydrogen) atoms. The molecule has 1 heterocycles. The number of carboxylic acid groups (broad SMARTS) is 1. The Morgan fingerprint density at radius 2 is 1.78 bits per heavy atom. The number of halogens is 1. The molecule has 0 fully saturated rings. The highest BCUT2D eigenvalue weighted by Gasteiger charge is 2.30. The third kappa shape index (κ3) is 5.94. The minimum Gasteiger partial charge on any atom is -0.495 e. The second-order valence-electron chi connectivity index (χ2n) is 9.45. The van der Waals surface area contributed by atoms with E-state index >= 15 is 0 Å². The van der Waals surface area contributed by atoms with Crippen molar-refractivity contribution in [2.45, 2.75) is 32.3 Å². The number of methoxy groups -OCH3 is 1. The van der Waals surface area contributed by atoms with E-state index in [2.05, 4.69) is 50.2 Å². The van der Waals surface area contributed by atoms with Gasteiger partial charge < -0.3 is 19.3 Å². The van der Waals surface area contributed by atoms with Gasteiger partial charge in [-0.1, -0.05) is 74.0 Å². The number of aromatic carboxylic acids is 1. The average Bonchev–Trinajstić information content (AvgIpc) is 3.46. The van der Waals surface area contributed by atoms with Gasteiger partial charge in [0.2, 0.25) is 0 Å². The van der Waals surface area contributed by atoms with Crippen molar-refractivity contribution < 1.29 is 24.1 Å². The summed E-state index contributed by atoms with van der Waals surface area (Å²) in [7, 11) is 1.47. The van der Waals surface area contributed by atoms with Gasteiger partial charge >= 0.3 is 5.97 Å². The van der Waals surface area contributed by atoms with Crippen molar-refractivity contribution in [3.63, 3.8) is 0 Å². The first-order chi connectivity index (χ1) is 17.3. The number of ether oxygens (including phenoxy) is 3. The Kier molecular flexibility index (Phi) is 8.39. The van der Waals surface area contributed by atoms with E-state index in [4.69, 9.17) is 25.8 Å². The first-order valence-corrected chi connectivity index (χ1v) is 13.1. The van der Waals surface area contributed by atoms with Crippen LogP contribution in [0.1, 0.15) is 45.9 Å². The van der Waals surface area contributed by atoms with Gasteiger partial charge in [-0.25, -0.2) is 4.79 Å². The van der Waals surface area contributed by atoms with Crippen LogP contribution in [0.4, 0.5) is 0 Å². The van der Waals surface area contributed by atoms with Gasteiger partial charge in [0.25, 0.3) is 0 Å². The van der Waals surface area contributed by atoms with E-state index in [1.54, 1.807) is 6.07 Å². The third-order valence-corrected chi connectivity index (χ3v) is 8.29. The molecule has 2 atom stereocenters. The van der Waals surface area contributed by atoms with Gasteiger partial charge in [0, 0.05) is 21.2 Å². The Morgan fingerprint density at radius 3 is 2.42 bits per heavy atom. The van der Waals surface area contributed by atoms with Crippen molar-refractivity contribution in [1.29, 1.82) is 0 Å². The molecule has 0 saturated heterocycles. The molecule has 0 radical (unpaired) electrons. The Morgan fingerprint density at radius 1 is 1.08 bits per heavy atom. The van der Waals surface area contributed by atoms with Gasteiger partial charge in [-0.3, -0.25) is 0 Å². The molecule has 5 nitrogen and oxygen atoms in total. The number of benzene rings is 2. The molecule has 0 amide bonds. The van der Waals surface area contributed by atoms with E-state index in [9.17, 15) is 9.90 Å². The van der Waals surface area contributed by atoms with Crippen molar-refractivity contribution in [3.05, 3.63) is 92.7 Å². The molecule has 1 N–H and O–H groups in total. The van der Waals surface area contributed by atoms with Crippen LogP contribution in [-0.2, 0) is 16.8 Å². The van der Waals surface area contributed by atoms with E-state index in [0.717, 1.165) is 22.1 Å². The summed E-state index contributed by atoms with van der Waals surface area (Å²) in [4.78, 5) is 12.3. The lowest BCUT2D eigenvalue weighted by Gasteiger charge is -2.26. The minimum absolute atomic E-state index is 0.0551. The fourth-order valence-electron chi connectivity index (χ4n) is 4.49. The number of hydrogen-bond donors (Lipinski definition) is 1. The maximum Gasteiger partial charge on any atom is 0.349 e. The lowest BCUT2D eigenvalue weighted by Crippen LogP contribution is -2.22. The standard InChI is InChI=1S/C29H31ClO5S/c1-29(2,20-7-5-4-6-8-20)21-10-12-22(13-11-21)35-18-24-19(9-14-25(24)30)16-34-17-23-15-26(33-3)27(36-23)28(31)32/h4-8,10-15,19,24H,9,16-18H2,1-3H3,(H,31,32)/t19-,24-/m1/s1. The highest BCUT2D eigenvalue weighted by atomic mass is 35.5. The largest absolute Gasteiger partial charge is 0.495 e. The molecule has 0 saturated carbocycles.